The van der Waals surface area contributed by atoms with E-state index in [9.17, 15) is 8.78 Å². The SMILES string of the molecule is Cc1c(C2=C(c3cc(C#C[Si](C)(C)C)n(C)c3C)C(F)(F)C(F)(F)C2(F)F)cc(C#C[Si](C)(C)C)n1C. The molecule has 0 radical (unpaired) electrons. The lowest BCUT2D eigenvalue weighted by Gasteiger charge is -2.25. The van der Waals surface area contributed by atoms with E-state index in [1.54, 1.807) is 14.1 Å². The number of aromatic nitrogens is 2. The summed E-state index contributed by atoms with van der Waals surface area (Å²) in [5.74, 6) is -10.00. The number of alkyl halides is 6. The molecule has 2 nitrogen and oxygen atoms in total. The molecule has 1 aliphatic rings. The number of halogens is 6. The Balaban J connectivity index is 2.43. The zero-order chi connectivity index (χ0) is 28.5. The average Bonchev–Trinajstić information content (AvgIpc) is 3.20. The van der Waals surface area contributed by atoms with E-state index in [0.29, 0.717) is 11.4 Å². The van der Waals surface area contributed by atoms with Crippen molar-refractivity contribution in [2.24, 2.45) is 14.1 Å². The third-order valence-electron chi connectivity index (χ3n) is 6.41. The highest BCUT2D eigenvalue weighted by atomic mass is 28.3. The van der Waals surface area contributed by atoms with Crippen LogP contribution in [0.15, 0.2) is 12.1 Å². The molecule has 10 heteroatoms. The lowest BCUT2D eigenvalue weighted by atomic mass is 9.95. The summed E-state index contributed by atoms with van der Waals surface area (Å²) in [4.78, 5) is 0. The zero-order valence-electron chi connectivity index (χ0n) is 22.8. The molecule has 2 aromatic rings. The predicted octanol–water partition coefficient (Wildman–Crippen LogP) is 7.27. The van der Waals surface area contributed by atoms with Crippen molar-refractivity contribution in [3.63, 3.8) is 0 Å². The van der Waals surface area contributed by atoms with E-state index in [2.05, 4.69) is 22.9 Å². The van der Waals surface area contributed by atoms with Crippen LogP contribution in [0.2, 0.25) is 39.3 Å². The summed E-state index contributed by atoms with van der Waals surface area (Å²) in [7, 11) is -0.626. The van der Waals surface area contributed by atoms with Gasteiger partial charge in [-0.2, -0.15) is 26.3 Å². The van der Waals surface area contributed by atoms with E-state index in [-0.39, 0.29) is 22.5 Å². The van der Waals surface area contributed by atoms with Crippen LogP contribution in [0.5, 0.6) is 0 Å². The van der Waals surface area contributed by atoms with Gasteiger partial charge in [0.15, 0.2) is 0 Å². The summed E-state index contributed by atoms with van der Waals surface area (Å²) in [5, 5.41) is 0. The Hall–Kier alpha value is -2.57. The molecule has 0 unspecified atom stereocenters. The van der Waals surface area contributed by atoms with Crippen LogP contribution in [-0.2, 0) is 14.1 Å². The van der Waals surface area contributed by atoms with Crippen LogP contribution in [-0.4, -0.2) is 43.0 Å². The van der Waals surface area contributed by atoms with Crippen LogP contribution in [0.1, 0.15) is 33.9 Å². The summed E-state index contributed by atoms with van der Waals surface area (Å²) < 4.78 is 94.2. The van der Waals surface area contributed by atoms with Crippen LogP contribution in [0.25, 0.3) is 11.1 Å². The van der Waals surface area contributed by atoms with Gasteiger partial charge in [-0.3, -0.25) is 0 Å². The molecule has 0 atom stereocenters. The van der Waals surface area contributed by atoms with Gasteiger partial charge in [0.2, 0.25) is 0 Å². The average molecular weight is 555 g/mol. The van der Waals surface area contributed by atoms with E-state index >= 15 is 17.6 Å². The second-order valence-corrected chi connectivity index (χ2v) is 21.1. The Kier molecular flexibility index (Phi) is 6.85. The molecule has 1 aliphatic carbocycles. The molecule has 0 aromatic carbocycles. The quantitative estimate of drug-likeness (QED) is 0.210. The van der Waals surface area contributed by atoms with Crippen molar-refractivity contribution in [2.75, 3.05) is 0 Å². The molecule has 0 N–H and O–H groups in total. The smallest absolute Gasteiger partial charge is 0.341 e. The van der Waals surface area contributed by atoms with Gasteiger partial charge in [-0.15, -0.1) is 11.1 Å². The summed E-state index contributed by atoms with van der Waals surface area (Å²) in [5.41, 5.74) is 3.63. The van der Waals surface area contributed by atoms with Gasteiger partial charge >= 0.3 is 17.8 Å². The van der Waals surface area contributed by atoms with Gasteiger partial charge in [0.05, 0.1) is 11.4 Å². The molecule has 0 aliphatic heterocycles. The van der Waals surface area contributed by atoms with Crippen LogP contribution >= 0.6 is 0 Å². The van der Waals surface area contributed by atoms with Gasteiger partial charge in [0, 0.05) is 47.8 Å². The number of rotatable bonds is 2. The van der Waals surface area contributed by atoms with Gasteiger partial charge in [0.1, 0.15) is 16.1 Å². The molecular formula is C27H32F6N2Si2. The Bertz CT molecular complexity index is 1320. The molecule has 0 saturated carbocycles. The molecule has 0 saturated heterocycles. The largest absolute Gasteiger partial charge is 0.380 e. The molecular weight excluding hydrogens is 522 g/mol. The molecule has 200 valence electrons. The normalized spacial score (nSPS) is 18.4. The van der Waals surface area contributed by atoms with E-state index in [1.807, 2.05) is 39.3 Å². The van der Waals surface area contributed by atoms with Crippen LogP contribution < -0.4 is 0 Å². The fourth-order valence-electron chi connectivity index (χ4n) is 4.08. The monoisotopic (exact) mass is 554 g/mol. The van der Waals surface area contributed by atoms with Crippen molar-refractivity contribution < 1.29 is 26.3 Å². The first kappa shape index (κ1) is 29.0. The maximum atomic E-state index is 15.4. The number of allylic oxidation sites excluding steroid dienone is 2. The van der Waals surface area contributed by atoms with E-state index in [0.717, 1.165) is 0 Å². The summed E-state index contributed by atoms with van der Waals surface area (Å²) >= 11 is 0. The second kappa shape index (κ2) is 8.74. The Labute approximate surface area is 216 Å². The highest BCUT2D eigenvalue weighted by molar-refractivity contribution is 6.84. The van der Waals surface area contributed by atoms with Gasteiger partial charge in [-0.25, -0.2) is 0 Å². The van der Waals surface area contributed by atoms with Crippen molar-refractivity contribution in [1.29, 1.82) is 0 Å². The molecule has 3 rings (SSSR count). The summed E-state index contributed by atoms with van der Waals surface area (Å²) in [6.07, 6.45) is 0. The van der Waals surface area contributed by atoms with Crippen LogP contribution in [0.4, 0.5) is 26.3 Å². The van der Waals surface area contributed by atoms with E-state index < -0.39 is 45.1 Å². The first-order chi connectivity index (χ1) is 16.5. The summed E-state index contributed by atoms with van der Waals surface area (Å²) in [6.45, 7) is 14.8. The fourth-order valence-corrected chi connectivity index (χ4v) is 5.09. The van der Waals surface area contributed by atoms with Crippen molar-refractivity contribution in [3.8, 4) is 22.9 Å². The minimum absolute atomic E-state index is 0.146. The van der Waals surface area contributed by atoms with Crippen LogP contribution in [0.3, 0.4) is 0 Å². The van der Waals surface area contributed by atoms with Gasteiger partial charge < -0.3 is 9.13 Å². The molecule has 2 aromatic heterocycles. The summed E-state index contributed by atoms with van der Waals surface area (Å²) in [6, 6.07) is 2.43. The first-order valence-corrected chi connectivity index (χ1v) is 18.8. The molecule has 0 bridgehead atoms. The maximum absolute atomic E-state index is 15.4. The first-order valence-electron chi connectivity index (χ1n) is 11.8. The van der Waals surface area contributed by atoms with Gasteiger partial charge in [-0.1, -0.05) is 51.1 Å². The van der Waals surface area contributed by atoms with E-state index in [1.165, 1.54) is 35.1 Å². The molecule has 2 heterocycles. The highest BCUT2D eigenvalue weighted by Crippen LogP contribution is 2.65. The standard InChI is InChI=1S/C27H32F6N2Si2/c1-17-21(15-19(34(17)3)11-13-36(5,6)7)23-24(26(30,31)27(32,33)25(23,28)29)22-16-20(35(4)18(22)2)12-14-37(8,9)10/h15-16H,1-10H3. The van der Waals surface area contributed by atoms with Gasteiger partial charge in [-0.05, 0) is 26.0 Å². The van der Waals surface area contributed by atoms with Crippen molar-refractivity contribution in [3.05, 3.63) is 46.0 Å². The lowest BCUT2D eigenvalue weighted by molar-refractivity contribution is -0.254. The topological polar surface area (TPSA) is 9.86 Å². The van der Waals surface area contributed by atoms with Gasteiger partial charge in [0.25, 0.3) is 0 Å². The Morgan fingerprint density at radius 2 is 0.919 bits per heavy atom. The van der Waals surface area contributed by atoms with E-state index in [4.69, 9.17) is 0 Å². The molecule has 37 heavy (non-hydrogen) atoms. The Morgan fingerprint density at radius 3 is 1.19 bits per heavy atom. The number of hydrogen-bond acceptors (Lipinski definition) is 0. The predicted molar refractivity (Wildman–Crippen MR) is 142 cm³/mol. The molecule has 0 fully saturated rings. The number of hydrogen-bond donors (Lipinski definition) is 0. The highest BCUT2D eigenvalue weighted by Gasteiger charge is 2.80. The van der Waals surface area contributed by atoms with Crippen molar-refractivity contribution in [2.45, 2.75) is 70.9 Å². The number of nitrogens with zero attached hydrogens (tertiary/aromatic N) is 2. The third kappa shape index (κ3) is 4.75. The molecule has 0 spiro atoms. The zero-order valence-corrected chi connectivity index (χ0v) is 24.8. The second-order valence-electron chi connectivity index (χ2n) is 11.6. The molecule has 0 amide bonds. The van der Waals surface area contributed by atoms with Crippen molar-refractivity contribution >= 4 is 27.3 Å². The Morgan fingerprint density at radius 1 is 0.622 bits per heavy atom. The maximum Gasteiger partial charge on any atom is 0.380 e. The lowest BCUT2D eigenvalue weighted by Crippen LogP contribution is -2.49. The minimum Gasteiger partial charge on any atom is -0.341 e. The van der Waals surface area contributed by atoms with Crippen molar-refractivity contribution in [1.82, 2.24) is 9.13 Å². The fraction of sp³-hybridized carbons (Fsp3) is 0.481. The third-order valence-corrected chi connectivity index (χ3v) is 8.16. The minimum atomic E-state index is -5.62. The van der Waals surface area contributed by atoms with Crippen LogP contribution in [0, 0.1) is 36.8 Å².